The van der Waals surface area contributed by atoms with Gasteiger partial charge in [0.1, 0.15) is 0 Å². The predicted molar refractivity (Wildman–Crippen MR) is 138 cm³/mol. The Hall–Kier alpha value is -2.28. The molecule has 8 nitrogen and oxygen atoms in total. The number of aromatic nitrogens is 1. The molecule has 4 rings (SSSR count). The van der Waals surface area contributed by atoms with Crippen molar-refractivity contribution in [2.24, 2.45) is 0 Å². The van der Waals surface area contributed by atoms with Gasteiger partial charge in [0.05, 0.1) is 25.0 Å². The minimum Gasteiger partial charge on any atom is -0.309 e. The molecule has 174 valence electrons. The minimum absolute atomic E-state index is 0.0266. The van der Waals surface area contributed by atoms with Crippen molar-refractivity contribution in [2.45, 2.75) is 22.3 Å². The van der Waals surface area contributed by atoms with Crippen LogP contribution in [0.3, 0.4) is 0 Å². The largest absolute Gasteiger partial charge is 0.309 e. The Labute approximate surface area is 219 Å². The van der Waals surface area contributed by atoms with Crippen LogP contribution in [0.25, 0.3) is 10.2 Å². The van der Waals surface area contributed by atoms with Gasteiger partial charge in [-0.1, -0.05) is 57.0 Å². The molecular weight excluding hydrogens is 587 g/mol. The molecule has 0 bridgehead atoms. The Bertz CT molecular complexity index is 1410. The molecule has 3 aromatic carbocycles. The standard InChI is InChI=1S/C21H13BrCl2N4O4S2/c22-12-6-15(23)14(16(24)7-12)10-25-9-11-1-4-19(18(5-11)28(31)32)33-21-26-17-3-2-13(27(29)30)8-20(17)34-21/h1-8,25H,9-10H2. The van der Waals surface area contributed by atoms with Crippen LogP contribution in [0.4, 0.5) is 11.4 Å². The molecule has 0 amide bonds. The molecule has 0 atom stereocenters. The van der Waals surface area contributed by atoms with Crippen molar-refractivity contribution in [3.05, 3.63) is 94.4 Å². The van der Waals surface area contributed by atoms with Gasteiger partial charge in [-0.3, -0.25) is 20.2 Å². The van der Waals surface area contributed by atoms with Gasteiger partial charge in [0.25, 0.3) is 11.4 Å². The number of nitrogens with zero attached hydrogens (tertiary/aromatic N) is 3. The minimum atomic E-state index is -0.470. The molecule has 0 saturated carbocycles. The van der Waals surface area contributed by atoms with Crippen molar-refractivity contribution in [1.29, 1.82) is 0 Å². The first-order valence-corrected chi connectivity index (χ1v) is 12.7. The number of fused-ring (bicyclic) bond motifs is 1. The second kappa shape index (κ2) is 10.5. The molecule has 0 aliphatic heterocycles. The molecule has 1 aromatic heterocycles. The maximum atomic E-state index is 11.7. The number of benzene rings is 3. The van der Waals surface area contributed by atoms with E-state index >= 15 is 0 Å². The van der Waals surface area contributed by atoms with Gasteiger partial charge in [-0.05, 0) is 29.8 Å². The second-order valence-electron chi connectivity index (χ2n) is 7.00. The molecule has 0 radical (unpaired) electrons. The lowest BCUT2D eigenvalue weighted by Crippen LogP contribution is -2.13. The molecule has 0 unspecified atom stereocenters. The number of halogens is 3. The highest BCUT2D eigenvalue weighted by Crippen LogP contribution is 2.39. The third-order valence-electron chi connectivity index (χ3n) is 4.72. The summed E-state index contributed by atoms with van der Waals surface area (Å²) in [6.45, 7) is 0.770. The molecule has 1 heterocycles. The molecule has 1 N–H and O–H groups in total. The van der Waals surface area contributed by atoms with E-state index in [1.807, 2.05) is 0 Å². The van der Waals surface area contributed by atoms with Crippen LogP contribution in [0, 0.1) is 20.2 Å². The monoisotopic (exact) mass is 598 g/mol. The predicted octanol–water partition coefficient (Wildman–Crippen LogP) is 7.62. The van der Waals surface area contributed by atoms with Crippen LogP contribution < -0.4 is 5.32 Å². The Balaban J connectivity index is 1.50. The third-order valence-corrected chi connectivity index (χ3v) is 7.99. The van der Waals surface area contributed by atoms with E-state index in [0.29, 0.717) is 42.6 Å². The number of nitro groups is 2. The van der Waals surface area contributed by atoms with Crippen LogP contribution >= 0.6 is 62.2 Å². The van der Waals surface area contributed by atoms with E-state index in [-0.39, 0.29) is 11.4 Å². The third kappa shape index (κ3) is 5.68. The fourth-order valence-corrected chi connectivity index (χ4v) is 6.60. The summed E-state index contributed by atoms with van der Waals surface area (Å²) in [6, 6.07) is 12.9. The first-order valence-electron chi connectivity index (χ1n) is 9.55. The highest BCUT2D eigenvalue weighted by atomic mass is 79.9. The number of non-ortho nitro benzene ring substituents is 1. The van der Waals surface area contributed by atoms with Gasteiger partial charge in [-0.25, -0.2) is 4.98 Å². The van der Waals surface area contributed by atoms with Gasteiger partial charge in [-0.15, -0.1) is 11.3 Å². The molecule has 0 aliphatic carbocycles. The average Bonchev–Trinajstić information content (AvgIpc) is 3.17. The first-order chi connectivity index (χ1) is 16.2. The number of rotatable bonds is 8. The van der Waals surface area contributed by atoms with Crippen molar-refractivity contribution < 1.29 is 9.85 Å². The van der Waals surface area contributed by atoms with E-state index in [4.69, 9.17) is 23.2 Å². The van der Waals surface area contributed by atoms with Crippen molar-refractivity contribution in [3.63, 3.8) is 0 Å². The van der Waals surface area contributed by atoms with E-state index in [1.54, 1.807) is 30.3 Å². The quantitative estimate of drug-likeness (QED) is 0.164. The molecule has 0 aliphatic rings. The number of nitro benzene ring substituents is 2. The summed E-state index contributed by atoms with van der Waals surface area (Å²) >= 11 is 18.2. The van der Waals surface area contributed by atoms with E-state index in [2.05, 4.69) is 26.2 Å². The van der Waals surface area contributed by atoms with E-state index in [1.165, 1.54) is 29.5 Å². The summed E-state index contributed by atoms with van der Waals surface area (Å²) in [7, 11) is 0. The average molecular weight is 600 g/mol. The van der Waals surface area contributed by atoms with Crippen LogP contribution in [0.2, 0.25) is 10.0 Å². The Morgan fingerprint density at radius 2 is 1.74 bits per heavy atom. The molecule has 0 saturated heterocycles. The summed E-state index contributed by atoms with van der Waals surface area (Å²) in [4.78, 5) is 26.7. The molecular formula is C21H13BrCl2N4O4S2. The summed E-state index contributed by atoms with van der Waals surface area (Å²) < 4.78 is 1.98. The highest BCUT2D eigenvalue weighted by Gasteiger charge is 2.19. The molecule has 13 heteroatoms. The lowest BCUT2D eigenvalue weighted by atomic mass is 10.2. The van der Waals surface area contributed by atoms with Crippen molar-refractivity contribution >= 4 is 83.8 Å². The number of hydrogen-bond acceptors (Lipinski definition) is 8. The summed E-state index contributed by atoms with van der Waals surface area (Å²) in [5.74, 6) is 0. The first kappa shape index (κ1) is 24.8. The van der Waals surface area contributed by atoms with Crippen LogP contribution in [-0.4, -0.2) is 14.8 Å². The molecule has 0 fully saturated rings. The van der Waals surface area contributed by atoms with Crippen LogP contribution in [-0.2, 0) is 13.1 Å². The maximum Gasteiger partial charge on any atom is 0.283 e. The van der Waals surface area contributed by atoms with E-state index in [0.717, 1.165) is 27.4 Å². The maximum absolute atomic E-state index is 11.7. The lowest BCUT2D eigenvalue weighted by molar-refractivity contribution is -0.387. The summed E-state index contributed by atoms with van der Waals surface area (Å²) in [6.07, 6.45) is 0. The number of thiazole rings is 1. The SMILES string of the molecule is O=[N+]([O-])c1ccc2nc(Sc3ccc(CNCc4c(Cl)cc(Br)cc4Cl)cc3[N+](=O)[O-])sc2c1. The topological polar surface area (TPSA) is 111 Å². The van der Waals surface area contributed by atoms with Crippen molar-refractivity contribution in [2.75, 3.05) is 0 Å². The zero-order valence-electron chi connectivity index (χ0n) is 17.0. The zero-order valence-corrected chi connectivity index (χ0v) is 21.7. The van der Waals surface area contributed by atoms with Crippen molar-refractivity contribution in [3.8, 4) is 0 Å². The van der Waals surface area contributed by atoms with Gasteiger partial charge < -0.3 is 5.32 Å². The fraction of sp³-hybridized carbons (Fsp3) is 0.0952. The van der Waals surface area contributed by atoms with Gasteiger partial charge in [0, 0.05) is 51.4 Å². The highest BCUT2D eigenvalue weighted by molar-refractivity contribution is 9.10. The van der Waals surface area contributed by atoms with Crippen LogP contribution in [0.1, 0.15) is 11.1 Å². The van der Waals surface area contributed by atoms with Crippen LogP contribution in [0.5, 0.6) is 0 Å². The van der Waals surface area contributed by atoms with Gasteiger partial charge >= 0.3 is 0 Å². The van der Waals surface area contributed by atoms with Gasteiger partial charge in [0.2, 0.25) is 0 Å². The van der Waals surface area contributed by atoms with E-state index in [9.17, 15) is 20.2 Å². The smallest absolute Gasteiger partial charge is 0.283 e. The summed E-state index contributed by atoms with van der Waals surface area (Å²) in [5.41, 5.74) is 1.99. The Kier molecular flexibility index (Phi) is 7.70. The van der Waals surface area contributed by atoms with Crippen molar-refractivity contribution in [1.82, 2.24) is 10.3 Å². The number of hydrogen-bond donors (Lipinski definition) is 1. The summed E-state index contributed by atoms with van der Waals surface area (Å²) in [5, 5.41) is 26.9. The number of nitrogens with one attached hydrogen (secondary N) is 1. The Morgan fingerprint density at radius 3 is 2.41 bits per heavy atom. The lowest BCUT2D eigenvalue weighted by Gasteiger charge is -2.10. The molecule has 4 aromatic rings. The van der Waals surface area contributed by atoms with Crippen LogP contribution in [0.15, 0.2) is 62.2 Å². The molecule has 0 spiro atoms. The fourth-order valence-electron chi connectivity index (χ4n) is 3.12. The Morgan fingerprint density at radius 1 is 1.00 bits per heavy atom. The zero-order chi connectivity index (χ0) is 24.4. The normalized spacial score (nSPS) is 11.1. The molecule has 34 heavy (non-hydrogen) atoms. The van der Waals surface area contributed by atoms with E-state index < -0.39 is 9.85 Å². The second-order valence-corrected chi connectivity index (χ2v) is 11.1. The van der Waals surface area contributed by atoms with Gasteiger partial charge in [0.15, 0.2) is 4.34 Å². The van der Waals surface area contributed by atoms with Gasteiger partial charge in [-0.2, -0.15) is 0 Å².